The van der Waals surface area contributed by atoms with Gasteiger partial charge in [0, 0.05) is 13.1 Å². The average molecular weight is 261 g/mol. The standard InChI is InChI=1S/C11H17ClN2OS/c1-7-3-8(2)5-14(4-7)11-13-10(12)9(6-15)16-11/h7-8,15H,3-6H2,1-2H3. The number of hydrogen-bond acceptors (Lipinski definition) is 4. The smallest absolute Gasteiger partial charge is 0.187 e. The van der Waals surface area contributed by atoms with Crippen LogP contribution in [0.4, 0.5) is 5.13 Å². The van der Waals surface area contributed by atoms with E-state index in [4.69, 9.17) is 16.7 Å². The Balaban J connectivity index is 2.16. The maximum absolute atomic E-state index is 9.10. The summed E-state index contributed by atoms with van der Waals surface area (Å²) in [5, 5.41) is 10.5. The van der Waals surface area contributed by atoms with Crippen LogP contribution in [0.15, 0.2) is 0 Å². The number of thiazole rings is 1. The molecule has 1 aliphatic heterocycles. The van der Waals surface area contributed by atoms with Crippen molar-refractivity contribution in [2.45, 2.75) is 26.9 Å². The van der Waals surface area contributed by atoms with E-state index in [0.29, 0.717) is 17.0 Å². The molecule has 2 unspecified atom stereocenters. The molecule has 0 amide bonds. The number of rotatable bonds is 2. The lowest BCUT2D eigenvalue weighted by Crippen LogP contribution is -2.38. The van der Waals surface area contributed by atoms with Gasteiger partial charge in [-0.15, -0.1) is 0 Å². The number of nitrogens with zero attached hydrogens (tertiary/aromatic N) is 2. The summed E-state index contributed by atoms with van der Waals surface area (Å²) in [5.41, 5.74) is 0. The molecule has 0 aliphatic carbocycles. The average Bonchev–Trinajstić information content (AvgIpc) is 2.58. The van der Waals surface area contributed by atoms with Crippen molar-refractivity contribution in [3.05, 3.63) is 10.0 Å². The lowest BCUT2D eigenvalue weighted by atomic mass is 9.92. The van der Waals surface area contributed by atoms with E-state index in [1.807, 2.05) is 0 Å². The van der Waals surface area contributed by atoms with Gasteiger partial charge < -0.3 is 10.0 Å². The molecule has 0 aromatic carbocycles. The Morgan fingerprint density at radius 2 is 2.06 bits per heavy atom. The number of piperidine rings is 1. The summed E-state index contributed by atoms with van der Waals surface area (Å²) in [5.74, 6) is 1.40. The molecule has 0 spiro atoms. The highest BCUT2D eigenvalue weighted by atomic mass is 35.5. The van der Waals surface area contributed by atoms with Crippen molar-refractivity contribution in [2.75, 3.05) is 18.0 Å². The molecule has 1 saturated heterocycles. The van der Waals surface area contributed by atoms with Crippen LogP contribution in [0.5, 0.6) is 0 Å². The van der Waals surface area contributed by atoms with E-state index in [0.717, 1.165) is 23.1 Å². The summed E-state index contributed by atoms with van der Waals surface area (Å²) < 4.78 is 0. The molecule has 1 aromatic rings. The van der Waals surface area contributed by atoms with E-state index < -0.39 is 0 Å². The third-order valence-corrected chi connectivity index (χ3v) is 4.45. The van der Waals surface area contributed by atoms with Gasteiger partial charge in [-0.3, -0.25) is 0 Å². The van der Waals surface area contributed by atoms with E-state index in [-0.39, 0.29) is 6.61 Å². The minimum absolute atomic E-state index is 0.0184. The molecule has 0 bridgehead atoms. The normalized spacial score (nSPS) is 26.1. The Morgan fingerprint density at radius 3 is 2.56 bits per heavy atom. The van der Waals surface area contributed by atoms with Gasteiger partial charge in [-0.25, -0.2) is 4.98 Å². The number of aromatic nitrogens is 1. The Labute approximate surface area is 105 Å². The molecule has 0 radical (unpaired) electrons. The van der Waals surface area contributed by atoms with Crippen molar-refractivity contribution in [1.82, 2.24) is 4.98 Å². The van der Waals surface area contributed by atoms with Gasteiger partial charge in [0.25, 0.3) is 0 Å². The van der Waals surface area contributed by atoms with E-state index >= 15 is 0 Å². The SMILES string of the molecule is CC1CC(C)CN(c2nc(Cl)c(CO)s2)C1. The van der Waals surface area contributed by atoms with Gasteiger partial charge in [0.1, 0.15) is 5.15 Å². The number of aliphatic hydroxyl groups is 1. The van der Waals surface area contributed by atoms with Crippen LogP contribution in [0, 0.1) is 11.8 Å². The van der Waals surface area contributed by atoms with Crippen LogP contribution in [-0.4, -0.2) is 23.2 Å². The first kappa shape index (κ1) is 12.1. The molecule has 16 heavy (non-hydrogen) atoms. The molecule has 5 heteroatoms. The highest BCUT2D eigenvalue weighted by Crippen LogP contribution is 2.33. The molecule has 2 atom stereocenters. The predicted molar refractivity (Wildman–Crippen MR) is 68.2 cm³/mol. The molecule has 2 rings (SSSR count). The number of halogens is 1. The van der Waals surface area contributed by atoms with Gasteiger partial charge in [0.05, 0.1) is 11.5 Å². The van der Waals surface area contributed by atoms with Crippen molar-refractivity contribution in [3.63, 3.8) is 0 Å². The van der Waals surface area contributed by atoms with Gasteiger partial charge >= 0.3 is 0 Å². The molecular formula is C11H17ClN2OS. The highest BCUT2D eigenvalue weighted by Gasteiger charge is 2.24. The van der Waals surface area contributed by atoms with E-state index in [1.165, 1.54) is 17.8 Å². The Bertz CT molecular complexity index is 359. The monoisotopic (exact) mass is 260 g/mol. The maximum atomic E-state index is 9.10. The summed E-state index contributed by atoms with van der Waals surface area (Å²) in [6.45, 7) is 6.60. The van der Waals surface area contributed by atoms with E-state index in [9.17, 15) is 0 Å². The van der Waals surface area contributed by atoms with Crippen LogP contribution in [0.1, 0.15) is 25.1 Å². The topological polar surface area (TPSA) is 36.4 Å². The maximum Gasteiger partial charge on any atom is 0.187 e. The van der Waals surface area contributed by atoms with Gasteiger partial charge in [0.2, 0.25) is 0 Å². The van der Waals surface area contributed by atoms with Crippen LogP contribution in [0.25, 0.3) is 0 Å². The summed E-state index contributed by atoms with van der Waals surface area (Å²) in [7, 11) is 0. The predicted octanol–water partition coefficient (Wildman–Crippen LogP) is 2.77. The van der Waals surface area contributed by atoms with Crippen LogP contribution < -0.4 is 4.90 Å². The number of aliphatic hydroxyl groups excluding tert-OH is 1. The van der Waals surface area contributed by atoms with E-state index in [2.05, 4.69) is 23.7 Å². The second kappa shape index (κ2) is 4.90. The van der Waals surface area contributed by atoms with Crippen molar-refractivity contribution < 1.29 is 5.11 Å². The third-order valence-electron chi connectivity index (χ3n) is 2.92. The second-order valence-corrected chi connectivity index (χ2v) is 6.14. The molecule has 3 nitrogen and oxygen atoms in total. The molecule has 90 valence electrons. The number of hydrogen-bond donors (Lipinski definition) is 1. The van der Waals surface area contributed by atoms with Crippen molar-refractivity contribution in [3.8, 4) is 0 Å². The quantitative estimate of drug-likeness (QED) is 0.888. The van der Waals surface area contributed by atoms with Crippen molar-refractivity contribution in [1.29, 1.82) is 0 Å². The summed E-state index contributed by atoms with van der Waals surface area (Å²) in [4.78, 5) is 7.38. The van der Waals surface area contributed by atoms with Crippen LogP contribution in [0.3, 0.4) is 0 Å². The first-order valence-electron chi connectivity index (χ1n) is 5.61. The Hall–Kier alpha value is -0.320. The zero-order chi connectivity index (χ0) is 11.7. The van der Waals surface area contributed by atoms with Gasteiger partial charge in [-0.05, 0) is 18.3 Å². The molecule has 1 aromatic heterocycles. The number of anilines is 1. The second-order valence-electron chi connectivity index (χ2n) is 4.72. The van der Waals surface area contributed by atoms with Crippen molar-refractivity contribution in [2.24, 2.45) is 11.8 Å². The fourth-order valence-corrected chi connectivity index (χ4v) is 3.51. The lowest BCUT2D eigenvalue weighted by molar-refractivity contribution is 0.285. The van der Waals surface area contributed by atoms with Crippen LogP contribution in [-0.2, 0) is 6.61 Å². The zero-order valence-electron chi connectivity index (χ0n) is 9.61. The zero-order valence-corrected chi connectivity index (χ0v) is 11.2. The summed E-state index contributed by atoms with van der Waals surface area (Å²) in [6, 6.07) is 0. The Morgan fingerprint density at radius 1 is 1.44 bits per heavy atom. The Kier molecular flexibility index (Phi) is 3.72. The summed E-state index contributed by atoms with van der Waals surface area (Å²) >= 11 is 7.45. The first-order valence-corrected chi connectivity index (χ1v) is 6.80. The third kappa shape index (κ3) is 2.50. The van der Waals surface area contributed by atoms with Crippen LogP contribution in [0.2, 0.25) is 5.15 Å². The molecule has 1 fully saturated rings. The highest BCUT2D eigenvalue weighted by molar-refractivity contribution is 7.16. The fraction of sp³-hybridized carbons (Fsp3) is 0.727. The molecule has 0 saturated carbocycles. The summed E-state index contributed by atoms with van der Waals surface area (Å²) in [6.07, 6.45) is 1.28. The minimum atomic E-state index is -0.0184. The molecule has 2 heterocycles. The van der Waals surface area contributed by atoms with E-state index in [1.54, 1.807) is 0 Å². The van der Waals surface area contributed by atoms with Crippen LogP contribution >= 0.6 is 22.9 Å². The lowest BCUT2D eigenvalue weighted by Gasteiger charge is -2.34. The van der Waals surface area contributed by atoms with Gasteiger partial charge in [0.15, 0.2) is 5.13 Å². The minimum Gasteiger partial charge on any atom is -0.391 e. The first-order chi connectivity index (χ1) is 7.60. The fourth-order valence-electron chi connectivity index (χ4n) is 2.37. The largest absolute Gasteiger partial charge is 0.391 e. The molecule has 1 aliphatic rings. The molecular weight excluding hydrogens is 244 g/mol. The molecule has 1 N–H and O–H groups in total. The van der Waals surface area contributed by atoms with Crippen molar-refractivity contribution >= 4 is 28.1 Å². The van der Waals surface area contributed by atoms with Gasteiger partial charge in [-0.2, -0.15) is 0 Å². The van der Waals surface area contributed by atoms with Gasteiger partial charge in [-0.1, -0.05) is 36.8 Å².